The molecule has 0 aliphatic heterocycles. The molecule has 1 rings (SSSR count). The van der Waals surface area contributed by atoms with E-state index in [-0.39, 0.29) is 12.2 Å². The quantitative estimate of drug-likeness (QED) is 0.623. The van der Waals surface area contributed by atoms with Crippen molar-refractivity contribution in [3.05, 3.63) is 16.1 Å². The lowest BCUT2D eigenvalue weighted by molar-refractivity contribution is -0.135. The van der Waals surface area contributed by atoms with Crippen molar-refractivity contribution in [1.82, 2.24) is 10.3 Å². The molecule has 1 aromatic rings. The molecular weight excluding hydrogens is 206 g/mol. The Labute approximate surface area is 83.8 Å². The van der Waals surface area contributed by atoms with Crippen molar-refractivity contribution in [2.75, 3.05) is 6.54 Å². The van der Waals surface area contributed by atoms with Crippen LogP contribution in [-0.2, 0) is 11.3 Å². The smallest absolute Gasteiger partial charge is 0.322 e. The van der Waals surface area contributed by atoms with Gasteiger partial charge in [-0.25, -0.2) is 4.98 Å². The number of carboxylic acids is 1. The number of nitrogens with two attached hydrogens (primary N) is 1. The number of carboxylic acid groups (broad SMARTS) is 1. The van der Waals surface area contributed by atoms with Crippen molar-refractivity contribution in [2.24, 2.45) is 5.73 Å². The van der Waals surface area contributed by atoms with E-state index in [2.05, 4.69) is 10.3 Å². The third-order valence-electron chi connectivity index (χ3n) is 1.36. The van der Waals surface area contributed by atoms with Crippen molar-refractivity contribution in [3.63, 3.8) is 0 Å². The molecule has 14 heavy (non-hydrogen) atoms. The lowest BCUT2D eigenvalue weighted by Crippen LogP contribution is -2.29. The zero-order valence-corrected chi connectivity index (χ0v) is 8.00. The molecule has 0 bridgehead atoms. The molecule has 0 aliphatic carbocycles. The van der Waals surface area contributed by atoms with Crippen molar-refractivity contribution in [3.8, 4) is 0 Å². The number of hydrogen-bond donors (Lipinski definition) is 3. The van der Waals surface area contributed by atoms with Gasteiger partial charge >= 0.3 is 5.97 Å². The van der Waals surface area contributed by atoms with Gasteiger partial charge in [0.15, 0.2) is 0 Å². The first kappa shape index (κ1) is 10.6. The molecule has 4 N–H and O–H groups in total. The van der Waals surface area contributed by atoms with E-state index in [0.29, 0.717) is 5.01 Å². The summed E-state index contributed by atoms with van der Waals surface area (Å²) in [6.07, 6.45) is 0. The van der Waals surface area contributed by atoms with Gasteiger partial charge in [0.25, 0.3) is 5.91 Å². The average Bonchev–Trinajstić information content (AvgIpc) is 2.62. The number of thiazole rings is 1. The van der Waals surface area contributed by atoms with Crippen LogP contribution in [-0.4, -0.2) is 28.5 Å². The van der Waals surface area contributed by atoms with Crippen LogP contribution in [0.15, 0.2) is 5.38 Å². The number of nitrogens with zero attached hydrogens (tertiary/aromatic N) is 1. The van der Waals surface area contributed by atoms with Crippen molar-refractivity contribution in [1.29, 1.82) is 0 Å². The Balaban J connectivity index is 2.56. The van der Waals surface area contributed by atoms with Gasteiger partial charge in [-0.3, -0.25) is 9.59 Å². The fourth-order valence-corrected chi connectivity index (χ4v) is 1.41. The van der Waals surface area contributed by atoms with Gasteiger partial charge in [0.2, 0.25) is 0 Å². The summed E-state index contributed by atoms with van der Waals surface area (Å²) in [5, 5.41) is 12.7. The van der Waals surface area contributed by atoms with Crippen LogP contribution in [0.2, 0.25) is 0 Å². The lowest BCUT2D eigenvalue weighted by atomic mass is 10.4. The van der Waals surface area contributed by atoms with Gasteiger partial charge in [-0.2, -0.15) is 0 Å². The van der Waals surface area contributed by atoms with E-state index in [1.807, 2.05) is 0 Å². The fourth-order valence-electron chi connectivity index (χ4n) is 0.755. The van der Waals surface area contributed by atoms with E-state index < -0.39 is 18.4 Å². The molecule has 0 saturated heterocycles. The Morgan fingerprint density at radius 3 is 2.86 bits per heavy atom. The summed E-state index contributed by atoms with van der Waals surface area (Å²) < 4.78 is 0. The Morgan fingerprint density at radius 1 is 1.64 bits per heavy atom. The van der Waals surface area contributed by atoms with Crippen LogP contribution in [0.4, 0.5) is 0 Å². The third kappa shape index (κ3) is 2.79. The predicted octanol–water partition coefficient (Wildman–Crippen LogP) is -0.584. The first-order valence-corrected chi connectivity index (χ1v) is 4.66. The Kier molecular flexibility index (Phi) is 3.55. The average molecular weight is 215 g/mol. The molecule has 1 heterocycles. The number of hydrogen-bond acceptors (Lipinski definition) is 5. The van der Waals surface area contributed by atoms with Crippen LogP contribution in [0.3, 0.4) is 0 Å². The second-order valence-electron chi connectivity index (χ2n) is 2.41. The van der Waals surface area contributed by atoms with Crippen LogP contribution in [0.5, 0.6) is 0 Å². The second-order valence-corrected chi connectivity index (χ2v) is 3.35. The van der Waals surface area contributed by atoms with E-state index in [4.69, 9.17) is 10.8 Å². The summed E-state index contributed by atoms with van der Waals surface area (Å²) in [5.41, 5.74) is 5.51. The molecule has 0 spiro atoms. The number of carbonyl (C=O) groups excluding carboxylic acids is 1. The summed E-state index contributed by atoms with van der Waals surface area (Å²) in [6.45, 7) is -0.134. The molecule has 1 amide bonds. The standard InChI is InChI=1S/C7H9N3O3S/c8-1-5-10-4(3-14-5)7(13)9-2-6(11)12/h3H,1-2,8H2,(H,9,13)(H,11,12). The van der Waals surface area contributed by atoms with Crippen molar-refractivity contribution in [2.45, 2.75) is 6.54 Å². The Morgan fingerprint density at radius 2 is 2.36 bits per heavy atom. The van der Waals surface area contributed by atoms with Crippen LogP contribution in [0, 0.1) is 0 Å². The van der Waals surface area contributed by atoms with Crippen LogP contribution in [0.25, 0.3) is 0 Å². The maximum absolute atomic E-state index is 11.2. The van der Waals surface area contributed by atoms with Gasteiger partial charge in [0.05, 0.1) is 0 Å². The number of amides is 1. The minimum atomic E-state index is -1.09. The summed E-state index contributed by atoms with van der Waals surface area (Å²) in [5.74, 6) is -1.59. The predicted molar refractivity (Wildman–Crippen MR) is 50.0 cm³/mol. The minimum Gasteiger partial charge on any atom is -0.480 e. The number of aromatic nitrogens is 1. The van der Waals surface area contributed by atoms with Gasteiger partial charge in [-0.05, 0) is 0 Å². The molecule has 0 aromatic carbocycles. The van der Waals surface area contributed by atoms with Gasteiger partial charge in [0.1, 0.15) is 17.2 Å². The van der Waals surface area contributed by atoms with Gasteiger partial charge in [0, 0.05) is 11.9 Å². The Hall–Kier alpha value is -1.47. The summed E-state index contributed by atoms with van der Waals surface area (Å²) >= 11 is 1.27. The zero-order valence-electron chi connectivity index (χ0n) is 7.19. The highest BCUT2D eigenvalue weighted by atomic mass is 32.1. The second kappa shape index (κ2) is 4.68. The first-order valence-electron chi connectivity index (χ1n) is 3.78. The first-order chi connectivity index (χ1) is 6.63. The molecule has 0 radical (unpaired) electrons. The molecule has 0 atom stereocenters. The van der Waals surface area contributed by atoms with E-state index in [9.17, 15) is 9.59 Å². The highest BCUT2D eigenvalue weighted by Gasteiger charge is 2.10. The normalized spacial score (nSPS) is 9.79. The summed E-state index contributed by atoms with van der Waals surface area (Å²) in [6, 6.07) is 0. The molecule has 0 aliphatic rings. The van der Waals surface area contributed by atoms with E-state index >= 15 is 0 Å². The summed E-state index contributed by atoms with van der Waals surface area (Å²) in [4.78, 5) is 25.2. The lowest BCUT2D eigenvalue weighted by Gasteiger charge is -1.97. The highest BCUT2D eigenvalue weighted by molar-refractivity contribution is 7.09. The SMILES string of the molecule is NCc1nc(C(=O)NCC(=O)O)cs1. The number of aliphatic carboxylic acids is 1. The van der Waals surface area contributed by atoms with E-state index in [1.165, 1.54) is 11.3 Å². The number of nitrogens with one attached hydrogen (secondary N) is 1. The molecule has 0 saturated carbocycles. The van der Waals surface area contributed by atoms with Gasteiger partial charge < -0.3 is 16.2 Å². The zero-order chi connectivity index (χ0) is 10.6. The fraction of sp³-hybridized carbons (Fsp3) is 0.286. The van der Waals surface area contributed by atoms with Gasteiger partial charge in [-0.15, -0.1) is 11.3 Å². The molecule has 0 fully saturated rings. The summed E-state index contributed by atoms with van der Waals surface area (Å²) in [7, 11) is 0. The van der Waals surface area contributed by atoms with Crippen LogP contribution < -0.4 is 11.1 Å². The monoisotopic (exact) mass is 215 g/mol. The topological polar surface area (TPSA) is 105 Å². The molecule has 0 unspecified atom stereocenters. The molecule has 1 aromatic heterocycles. The van der Waals surface area contributed by atoms with Crippen LogP contribution >= 0.6 is 11.3 Å². The molecular formula is C7H9N3O3S. The highest BCUT2D eigenvalue weighted by Crippen LogP contribution is 2.08. The number of rotatable bonds is 4. The van der Waals surface area contributed by atoms with E-state index in [0.717, 1.165) is 0 Å². The minimum absolute atomic E-state index is 0.205. The maximum Gasteiger partial charge on any atom is 0.322 e. The third-order valence-corrected chi connectivity index (χ3v) is 2.23. The van der Waals surface area contributed by atoms with Gasteiger partial charge in [-0.1, -0.05) is 0 Å². The molecule has 76 valence electrons. The Bertz CT molecular complexity index is 350. The number of carbonyl (C=O) groups is 2. The van der Waals surface area contributed by atoms with Crippen molar-refractivity contribution >= 4 is 23.2 Å². The molecule has 7 heteroatoms. The van der Waals surface area contributed by atoms with Crippen molar-refractivity contribution < 1.29 is 14.7 Å². The molecule has 6 nitrogen and oxygen atoms in total. The maximum atomic E-state index is 11.2. The van der Waals surface area contributed by atoms with Crippen LogP contribution in [0.1, 0.15) is 15.5 Å². The van der Waals surface area contributed by atoms with E-state index in [1.54, 1.807) is 5.38 Å². The largest absolute Gasteiger partial charge is 0.480 e.